The summed E-state index contributed by atoms with van der Waals surface area (Å²) in [5.41, 5.74) is 0.882. The molecule has 172 valence electrons. The first-order valence-corrected chi connectivity index (χ1v) is 11.7. The highest BCUT2D eigenvalue weighted by Crippen LogP contribution is 2.40. The molecule has 7 heteroatoms. The van der Waals surface area contributed by atoms with Crippen LogP contribution in [0.1, 0.15) is 57.1 Å². The van der Waals surface area contributed by atoms with E-state index in [1.807, 2.05) is 0 Å². The minimum absolute atomic E-state index is 0.0117. The fraction of sp³-hybridized carbons (Fsp3) is 0.708. The second kappa shape index (κ2) is 9.00. The zero-order valence-electron chi connectivity index (χ0n) is 18.5. The second-order valence-electron chi connectivity index (χ2n) is 9.82. The number of carbonyl (C=O) groups excluding carboxylic acids is 1. The van der Waals surface area contributed by atoms with Gasteiger partial charge in [-0.25, -0.2) is 0 Å². The van der Waals surface area contributed by atoms with Crippen molar-refractivity contribution in [2.45, 2.75) is 70.6 Å². The lowest BCUT2D eigenvalue weighted by Crippen LogP contribution is -2.62. The lowest BCUT2D eigenvalue weighted by molar-refractivity contribution is -0.137. The van der Waals surface area contributed by atoms with Crippen LogP contribution in [0.25, 0.3) is 0 Å². The summed E-state index contributed by atoms with van der Waals surface area (Å²) < 4.78 is 39.9. The van der Waals surface area contributed by atoms with Crippen LogP contribution in [-0.2, 0) is 17.4 Å². The SMILES string of the molecule is CC(C)CCNC(=O)[C@@H]1Cc2cc(C(F)(F)F)ccc2N2CCN(C3CCCC3)C[C@@H]12. The quantitative estimate of drug-likeness (QED) is 0.738. The van der Waals surface area contributed by atoms with Crippen molar-refractivity contribution < 1.29 is 18.0 Å². The molecule has 1 aromatic carbocycles. The van der Waals surface area contributed by atoms with Gasteiger partial charge in [-0.15, -0.1) is 0 Å². The average Bonchev–Trinajstić information content (AvgIpc) is 3.26. The molecule has 2 heterocycles. The van der Waals surface area contributed by atoms with Crippen LogP contribution < -0.4 is 10.2 Å². The third kappa shape index (κ3) is 4.86. The first-order valence-electron chi connectivity index (χ1n) is 11.7. The molecule has 1 amide bonds. The normalized spacial score (nSPS) is 24.9. The second-order valence-corrected chi connectivity index (χ2v) is 9.82. The number of carbonyl (C=O) groups is 1. The molecular formula is C24H34F3N3O. The van der Waals surface area contributed by atoms with E-state index in [-0.39, 0.29) is 17.9 Å². The number of hydrogen-bond donors (Lipinski definition) is 1. The van der Waals surface area contributed by atoms with Gasteiger partial charge < -0.3 is 10.2 Å². The van der Waals surface area contributed by atoms with Crippen LogP contribution in [0.3, 0.4) is 0 Å². The van der Waals surface area contributed by atoms with Crippen LogP contribution in [0.2, 0.25) is 0 Å². The first-order chi connectivity index (χ1) is 14.7. The molecule has 0 unspecified atom stereocenters. The fourth-order valence-corrected chi connectivity index (χ4v) is 5.54. The van der Waals surface area contributed by atoms with Gasteiger partial charge in [0.05, 0.1) is 17.5 Å². The van der Waals surface area contributed by atoms with Crippen molar-refractivity contribution in [1.82, 2.24) is 10.2 Å². The third-order valence-electron chi connectivity index (χ3n) is 7.27. The molecule has 1 saturated heterocycles. The number of rotatable bonds is 5. The monoisotopic (exact) mass is 437 g/mol. The third-order valence-corrected chi connectivity index (χ3v) is 7.27. The molecule has 4 rings (SSSR count). The highest BCUT2D eigenvalue weighted by molar-refractivity contribution is 5.82. The van der Waals surface area contributed by atoms with Crippen molar-refractivity contribution in [3.8, 4) is 0 Å². The van der Waals surface area contributed by atoms with Gasteiger partial charge in [0.2, 0.25) is 5.91 Å². The minimum Gasteiger partial charge on any atom is -0.365 e. The van der Waals surface area contributed by atoms with Gasteiger partial charge in [0.1, 0.15) is 0 Å². The van der Waals surface area contributed by atoms with Crippen LogP contribution in [-0.4, -0.2) is 49.1 Å². The molecule has 1 N–H and O–H groups in total. The van der Waals surface area contributed by atoms with Gasteiger partial charge in [0.25, 0.3) is 0 Å². The Morgan fingerprint density at radius 2 is 1.94 bits per heavy atom. The molecule has 31 heavy (non-hydrogen) atoms. The summed E-state index contributed by atoms with van der Waals surface area (Å²) in [5.74, 6) is 0.144. The Kier molecular flexibility index (Phi) is 6.52. The summed E-state index contributed by atoms with van der Waals surface area (Å²) in [5, 5.41) is 3.07. The maximum atomic E-state index is 13.3. The van der Waals surface area contributed by atoms with E-state index in [0.717, 1.165) is 31.7 Å². The van der Waals surface area contributed by atoms with E-state index in [1.54, 1.807) is 6.07 Å². The standard InChI is InChI=1S/C24H34F3N3O/c1-16(2)9-10-28-23(31)20-14-17-13-18(24(25,26)27)7-8-21(17)30-12-11-29(15-22(20)30)19-5-3-4-6-19/h7-8,13,16,19-20,22H,3-6,9-12,14-15H2,1-2H3,(H,28,31)/t20-,22+/m1/s1. The molecule has 0 radical (unpaired) electrons. The summed E-state index contributed by atoms with van der Waals surface area (Å²) in [6.07, 6.45) is 1.84. The number of nitrogens with zero attached hydrogens (tertiary/aromatic N) is 2. The molecule has 2 fully saturated rings. The number of nitrogens with one attached hydrogen (secondary N) is 1. The highest BCUT2D eigenvalue weighted by Gasteiger charge is 2.43. The Balaban J connectivity index is 1.59. The van der Waals surface area contributed by atoms with E-state index < -0.39 is 11.7 Å². The lowest BCUT2D eigenvalue weighted by Gasteiger charge is -2.50. The van der Waals surface area contributed by atoms with E-state index in [2.05, 4.69) is 29.0 Å². The van der Waals surface area contributed by atoms with Crippen molar-refractivity contribution in [3.05, 3.63) is 29.3 Å². The van der Waals surface area contributed by atoms with Crippen LogP contribution >= 0.6 is 0 Å². The molecule has 1 aromatic rings. The van der Waals surface area contributed by atoms with Crippen LogP contribution in [0.5, 0.6) is 0 Å². The van der Waals surface area contributed by atoms with E-state index in [9.17, 15) is 18.0 Å². The lowest BCUT2D eigenvalue weighted by atomic mass is 9.82. The number of amides is 1. The number of alkyl halides is 3. The van der Waals surface area contributed by atoms with Gasteiger partial charge in [-0.05, 0) is 55.4 Å². The van der Waals surface area contributed by atoms with Crippen LogP contribution in [0, 0.1) is 11.8 Å². The Hall–Kier alpha value is -1.76. The maximum absolute atomic E-state index is 13.3. The predicted octanol–water partition coefficient (Wildman–Crippen LogP) is 4.47. The average molecular weight is 438 g/mol. The molecule has 0 spiro atoms. The summed E-state index contributed by atoms with van der Waals surface area (Å²) in [6.45, 7) is 7.32. The van der Waals surface area contributed by atoms with Crippen molar-refractivity contribution in [3.63, 3.8) is 0 Å². The van der Waals surface area contributed by atoms with Crippen LogP contribution in [0.4, 0.5) is 18.9 Å². The van der Waals surface area contributed by atoms with Gasteiger partial charge >= 0.3 is 6.18 Å². The molecule has 0 bridgehead atoms. The molecule has 1 aliphatic carbocycles. The number of fused-ring (bicyclic) bond motifs is 3. The number of piperazine rings is 1. The van der Waals surface area contributed by atoms with E-state index >= 15 is 0 Å². The van der Waals surface area contributed by atoms with Crippen LogP contribution in [0.15, 0.2) is 18.2 Å². The molecule has 2 aliphatic heterocycles. The number of benzene rings is 1. The maximum Gasteiger partial charge on any atom is 0.416 e. The van der Waals surface area contributed by atoms with Gasteiger partial charge in [0, 0.05) is 37.9 Å². The molecule has 3 aliphatic rings. The number of halogens is 3. The Bertz CT molecular complexity index is 789. The van der Waals surface area contributed by atoms with E-state index in [0.29, 0.717) is 30.5 Å². The summed E-state index contributed by atoms with van der Waals surface area (Å²) in [4.78, 5) is 17.9. The van der Waals surface area contributed by atoms with E-state index in [4.69, 9.17) is 0 Å². The van der Waals surface area contributed by atoms with Crippen molar-refractivity contribution in [1.29, 1.82) is 0 Å². The molecule has 2 atom stereocenters. The minimum atomic E-state index is -4.37. The Morgan fingerprint density at radius 3 is 2.61 bits per heavy atom. The first kappa shape index (κ1) is 22.4. The molecule has 0 aromatic heterocycles. The summed E-state index contributed by atoms with van der Waals surface area (Å²) in [6, 6.07) is 4.65. The zero-order valence-corrected chi connectivity index (χ0v) is 18.5. The fourth-order valence-electron chi connectivity index (χ4n) is 5.54. The van der Waals surface area contributed by atoms with Gasteiger partial charge in [0.15, 0.2) is 0 Å². The van der Waals surface area contributed by atoms with Crippen molar-refractivity contribution in [2.24, 2.45) is 11.8 Å². The number of hydrogen-bond acceptors (Lipinski definition) is 3. The number of anilines is 1. The Morgan fingerprint density at radius 1 is 1.19 bits per heavy atom. The molecular weight excluding hydrogens is 403 g/mol. The molecule has 4 nitrogen and oxygen atoms in total. The molecule has 1 saturated carbocycles. The Labute approximate surface area is 183 Å². The van der Waals surface area contributed by atoms with Gasteiger partial charge in [-0.1, -0.05) is 26.7 Å². The topological polar surface area (TPSA) is 35.6 Å². The van der Waals surface area contributed by atoms with E-state index in [1.165, 1.54) is 37.8 Å². The highest BCUT2D eigenvalue weighted by atomic mass is 19.4. The van der Waals surface area contributed by atoms with Gasteiger partial charge in [-0.3, -0.25) is 9.69 Å². The summed E-state index contributed by atoms with van der Waals surface area (Å²) in [7, 11) is 0. The van der Waals surface area contributed by atoms with Crippen molar-refractivity contribution >= 4 is 11.6 Å². The summed E-state index contributed by atoms with van der Waals surface area (Å²) >= 11 is 0. The predicted molar refractivity (Wildman–Crippen MR) is 116 cm³/mol. The van der Waals surface area contributed by atoms with Crippen molar-refractivity contribution in [2.75, 3.05) is 31.1 Å². The largest absolute Gasteiger partial charge is 0.416 e. The van der Waals surface area contributed by atoms with Gasteiger partial charge in [-0.2, -0.15) is 13.2 Å². The zero-order chi connectivity index (χ0) is 22.2. The smallest absolute Gasteiger partial charge is 0.365 e.